The van der Waals surface area contributed by atoms with Crippen LogP contribution in [0.2, 0.25) is 0 Å². The smallest absolute Gasteiger partial charge is 0.254 e. The molecule has 1 saturated carbocycles. The molecule has 1 saturated heterocycles. The van der Waals surface area contributed by atoms with Gasteiger partial charge in [-0.3, -0.25) is 4.79 Å². The SMILES string of the molecule is O=C(NC1CC1)C1(O)CNC1. The minimum Gasteiger partial charge on any atom is -0.377 e. The summed E-state index contributed by atoms with van der Waals surface area (Å²) in [4.78, 5) is 11.2. The van der Waals surface area contributed by atoms with Gasteiger partial charge in [0.2, 0.25) is 0 Å². The third kappa shape index (κ3) is 1.23. The third-order valence-corrected chi connectivity index (χ3v) is 2.17. The fourth-order valence-electron chi connectivity index (χ4n) is 1.07. The van der Waals surface area contributed by atoms with E-state index in [9.17, 15) is 9.90 Å². The van der Waals surface area contributed by atoms with Gasteiger partial charge < -0.3 is 15.7 Å². The van der Waals surface area contributed by atoms with Gasteiger partial charge in [-0.05, 0) is 12.8 Å². The Balaban J connectivity index is 1.86. The normalized spacial score (nSPS) is 27.4. The van der Waals surface area contributed by atoms with Gasteiger partial charge in [-0.1, -0.05) is 0 Å². The van der Waals surface area contributed by atoms with Gasteiger partial charge in [-0.25, -0.2) is 0 Å². The van der Waals surface area contributed by atoms with Crippen molar-refractivity contribution in [2.75, 3.05) is 13.1 Å². The highest BCUT2D eigenvalue weighted by Gasteiger charge is 2.43. The van der Waals surface area contributed by atoms with Crippen LogP contribution in [0.4, 0.5) is 0 Å². The Morgan fingerprint density at radius 1 is 1.55 bits per heavy atom. The number of hydrogen-bond donors (Lipinski definition) is 3. The molecule has 2 rings (SSSR count). The highest BCUT2D eigenvalue weighted by atomic mass is 16.3. The molecule has 0 spiro atoms. The lowest BCUT2D eigenvalue weighted by atomic mass is 9.96. The predicted molar refractivity (Wildman–Crippen MR) is 39.0 cm³/mol. The van der Waals surface area contributed by atoms with Gasteiger partial charge in [0.05, 0.1) is 0 Å². The topological polar surface area (TPSA) is 61.4 Å². The van der Waals surface area contributed by atoms with Crippen molar-refractivity contribution in [1.29, 1.82) is 0 Å². The van der Waals surface area contributed by atoms with Crippen LogP contribution < -0.4 is 10.6 Å². The minimum absolute atomic E-state index is 0.209. The van der Waals surface area contributed by atoms with Crippen molar-refractivity contribution >= 4 is 5.91 Å². The molecule has 1 aliphatic carbocycles. The van der Waals surface area contributed by atoms with Crippen LogP contribution in [-0.2, 0) is 4.79 Å². The summed E-state index contributed by atoms with van der Waals surface area (Å²) in [6, 6.07) is 0.340. The molecule has 1 heterocycles. The van der Waals surface area contributed by atoms with Gasteiger partial charge in [-0.2, -0.15) is 0 Å². The number of carbonyl (C=O) groups excluding carboxylic acids is 1. The number of rotatable bonds is 2. The molecule has 0 aromatic carbocycles. The summed E-state index contributed by atoms with van der Waals surface area (Å²) in [6.45, 7) is 0.789. The molecular weight excluding hydrogens is 144 g/mol. The molecule has 4 heteroatoms. The Morgan fingerprint density at radius 3 is 2.55 bits per heavy atom. The van der Waals surface area contributed by atoms with Gasteiger partial charge in [0.1, 0.15) is 0 Å². The first kappa shape index (κ1) is 7.06. The molecule has 2 fully saturated rings. The lowest BCUT2D eigenvalue weighted by Crippen LogP contribution is -2.67. The zero-order valence-corrected chi connectivity index (χ0v) is 6.26. The van der Waals surface area contributed by atoms with E-state index in [0.29, 0.717) is 19.1 Å². The molecule has 0 atom stereocenters. The Kier molecular flexibility index (Phi) is 1.40. The number of carbonyl (C=O) groups is 1. The highest BCUT2D eigenvalue weighted by Crippen LogP contribution is 2.20. The van der Waals surface area contributed by atoms with E-state index in [1.165, 1.54) is 0 Å². The monoisotopic (exact) mass is 156 g/mol. The summed E-state index contributed by atoms with van der Waals surface area (Å²) >= 11 is 0. The van der Waals surface area contributed by atoms with E-state index in [2.05, 4.69) is 10.6 Å². The van der Waals surface area contributed by atoms with Crippen molar-refractivity contribution in [2.45, 2.75) is 24.5 Å². The maximum Gasteiger partial charge on any atom is 0.254 e. The second kappa shape index (κ2) is 2.19. The van der Waals surface area contributed by atoms with Crippen molar-refractivity contribution in [3.05, 3.63) is 0 Å². The van der Waals surface area contributed by atoms with E-state index in [0.717, 1.165) is 12.8 Å². The Labute approximate surface area is 65.0 Å². The van der Waals surface area contributed by atoms with Crippen LogP contribution in [0.1, 0.15) is 12.8 Å². The quantitative estimate of drug-likeness (QED) is 0.461. The van der Waals surface area contributed by atoms with Gasteiger partial charge in [0, 0.05) is 19.1 Å². The average Bonchev–Trinajstić information content (AvgIpc) is 2.66. The van der Waals surface area contributed by atoms with Crippen molar-refractivity contribution in [2.24, 2.45) is 0 Å². The molecule has 0 radical (unpaired) electrons. The molecule has 11 heavy (non-hydrogen) atoms. The van der Waals surface area contributed by atoms with Crippen molar-refractivity contribution in [1.82, 2.24) is 10.6 Å². The molecule has 0 aromatic heterocycles. The first-order chi connectivity index (χ1) is 5.21. The first-order valence-electron chi connectivity index (χ1n) is 3.95. The summed E-state index contributed by atoms with van der Waals surface area (Å²) in [7, 11) is 0. The fourth-order valence-corrected chi connectivity index (χ4v) is 1.07. The summed E-state index contributed by atoms with van der Waals surface area (Å²) in [5, 5.41) is 15.1. The van der Waals surface area contributed by atoms with E-state index < -0.39 is 5.60 Å². The van der Waals surface area contributed by atoms with Gasteiger partial charge in [-0.15, -0.1) is 0 Å². The second-order valence-electron chi connectivity index (χ2n) is 3.38. The molecule has 2 aliphatic rings. The first-order valence-corrected chi connectivity index (χ1v) is 3.95. The zero-order valence-electron chi connectivity index (χ0n) is 6.26. The van der Waals surface area contributed by atoms with Crippen LogP contribution in [0.3, 0.4) is 0 Å². The van der Waals surface area contributed by atoms with Gasteiger partial charge in [0.25, 0.3) is 5.91 Å². The maximum absolute atomic E-state index is 11.2. The number of β-amino-alcohol motifs (C(OH)–C–C–N with tert-alkyl or cyclic N) is 1. The summed E-state index contributed by atoms with van der Waals surface area (Å²) < 4.78 is 0. The lowest BCUT2D eigenvalue weighted by molar-refractivity contribution is -0.144. The van der Waals surface area contributed by atoms with E-state index in [4.69, 9.17) is 0 Å². The van der Waals surface area contributed by atoms with Crippen LogP contribution in [0.25, 0.3) is 0 Å². The van der Waals surface area contributed by atoms with E-state index >= 15 is 0 Å². The molecule has 1 aliphatic heterocycles. The van der Waals surface area contributed by atoms with Gasteiger partial charge in [0.15, 0.2) is 5.60 Å². The molecule has 1 amide bonds. The number of hydrogen-bond acceptors (Lipinski definition) is 3. The highest BCUT2D eigenvalue weighted by molar-refractivity contribution is 5.87. The van der Waals surface area contributed by atoms with E-state index in [1.54, 1.807) is 0 Å². The predicted octanol–water partition coefficient (Wildman–Crippen LogP) is -1.40. The summed E-state index contributed by atoms with van der Waals surface area (Å²) in [6.07, 6.45) is 2.13. The molecule has 0 unspecified atom stereocenters. The molecule has 62 valence electrons. The Morgan fingerprint density at radius 2 is 2.18 bits per heavy atom. The van der Waals surface area contributed by atoms with Crippen molar-refractivity contribution in [3.8, 4) is 0 Å². The van der Waals surface area contributed by atoms with Crippen LogP contribution in [-0.4, -0.2) is 35.7 Å². The Hall–Kier alpha value is -0.610. The molecular formula is C7H12N2O2. The van der Waals surface area contributed by atoms with E-state index in [1.807, 2.05) is 0 Å². The number of nitrogens with one attached hydrogen (secondary N) is 2. The maximum atomic E-state index is 11.2. The number of amides is 1. The van der Waals surface area contributed by atoms with E-state index in [-0.39, 0.29) is 5.91 Å². The fraction of sp³-hybridized carbons (Fsp3) is 0.857. The summed E-state index contributed by atoms with van der Waals surface area (Å²) in [5.74, 6) is -0.209. The Bertz CT molecular complexity index is 185. The molecule has 0 aromatic rings. The van der Waals surface area contributed by atoms with Crippen LogP contribution in [0.5, 0.6) is 0 Å². The standard InChI is InChI=1S/C7H12N2O2/c10-6(9-5-1-2-5)7(11)3-8-4-7/h5,8,11H,1-4H2,(H,9,10). The van der Waals surface area contributed by atoms with Crippen molar-refractivity contribution < 1.29 is 9.90 Å². The number of aliphatic hydroxyl groups is 1. The van der Waals surface area contributed by atoms with Crippen molar-refractivity contribution in [3.63, 3.8) is 0 Å². The minimum atomic E-state index is -1.11. The third-order valence-electron chi connectivity index (χ3n) is 2.17. The molecule has 4 nitrogen and oxygen atoms in total. The average molecular weight is 156 g/mol. The summed E-state index contributed by atoms with van der Waals surface area (Å²) in [5.41, 5.74) is -1.11. The molecule has 3 N–H and O–H groups in total. The van der Waals surface area contributed by atoms with Crippen LogP contribution in [0, 0.1) is 0 Å². The second-order valence-corrected chi connectivity index (χ2v) is 3.38. The zero-order chi connectivity index (χ0) is 7.90. The van der Waals surface area contributed by atoms with Gasteiger partial charge >= 0.3 is 0 Å². The largest absolute Gasteiger partial charge is 0.377 e. The molecule has 0 bridgehead atoms. The van der Waals surface area contributed by atoms with Crippen LogP contribution >= 0.6 is 0 Å². The lowest BCUT2D eigenvalue weighted by Gasteiger charge is -2.35. The van der Waals surface area contributed by atoms with Crippen LogP contribution in [0.15, 0.2) is 0 Å².